The van der Waals surface area contributed by atoms with Crippen LogP contribution in [-0.4, -0.2) is 24.8 Å². The molecule has 0 spiro atoms. The predicted octanol–water partition coefficient (Wildman–Crippen LogP) is 3.07. The lowest BCUT2D eigenvalue weighted by Gasteiger charge is -2.45. The van der Waals surface area contributed by atoms with E-state index in [1.54, 1.807) is 0 Å². The number of esters is 1. The molecule has 3 heteroatoms. The van der Waals surface area contributed by atoms with Crippen molar-refractivity contribution >= 4 is 5.97 Å². The van der Waals surface area contributed by atoms with Crippen molar-refractivity contribution in [3.05, 3.63) is 0 Å². The molecule has 2 saturated carbocycles. The van der Waals surface area contributed by atoms with Crippen LogP contribution in [-0.2, 0) is 14.3 Å². The van der Waals surface area contributed by atoms with Gasteiger partial charge in [-0.05, 0) is 38.0 Å². The number of rotatable bonds is 4. The van der Waals surface area contributed by atoms with Gasteiger partial charge in [0.25, 0.3) is 0 Å². The van der Waals surface area contributed by atoms with Crippen molar-refractivity contribution in [3.63, 3.8) is 0 Å². The molecule has 0 aromatic heterocycles. The molecule has 0 radical (unpaired) electrons. The van der Waals surface area contributed by atoms with Gasteiger partial charge in [-0.15, -0.1) is 0 Å². The Morgan fingerprint density at radius 2 is 1.94 bits per heavy atom. The minimum Gasteiger partial charge on any atom is -0.469 e. The van der Waals surface area contributed by atoms with E-state index in [9.17, 15) is 4.79 Å². The first kappa shape index (κ1) is 12.9. The number of hydrogen-bond donors (Lipinski definition) is 0. The summed E-state index contributed by atoms with van der Waals surface area (Å²) in [6.45, 7) is 2.27. The predicted molar refractivity (Wildman–Crippen MR) is 65.7 cm³/mol. The summed E-state index contributed by atoms with van der Waals surface area (Å²) in [4.78, 5) is 11.4. The largest absolute Gasteiger partial charge is 0.469 e. The van der Waals surface area contributed by atoms with E-state index in [1.165, 1.54) is 32.8 Å². The highest BCUT2D eigenvalue weighted by molar-refractivity contribution is 5.70. The highest BCUT2D eigenvalue weighted by Crippen LogP contribution is 2.42. The molecule has 0 heterocycles. The van der Waals surface area contributed by atoms with Crippen LogP contribution in [0.15, 0.2) is 0 Å². The maximum atomic E-state index is 11.4. The summed E-state index contributed by atoms with van der Waals surface area (Å²) in [6.07, 6.45) is 9.02. The third-order valence-electron chi connectivity index (χ3n) is 4.39. The molecule has 3 nitrogen and oxygen atoms in total. The summed E-state index contributed by atoms with van der Waals surface area (Å²) in [5.74, 6) is 0.507. The summed E-state index contributed by atoms with van der Waals surface area (Å²) in [7, 11) is 1.46. The van der Waals surface area contributed by atoms with Crippen molar-refractivity contribution in [1.29, 1.82) is 0 Å². The summed E-state index contributed by atoms with van der Waals surface area (Å²) >= 11 is 0. The zero-order chi connectivity index (χ0) is 12.3. The summed E-state index contributed by atoms with van der Waals surface area (Å²) < 4.78 is 11.1. The maximum absolute atomic E-state index is 11.4. The molecule has 2 aliphatic carbocycles. The van der Waals surface area contributed by atoms with E-state index < -0.39 is 0 Å². The average Bonchev–Trinajstić information content (AvgIpc) is 2.28. The van der Waals surface area contributed by atoms with Crippen molar-refractivity contribution in [1.82, 2.24) is 0 Å². The van der Waals surface area contributed by atoms with Crippen molar-refractivity contribution in [2.45, 2.75) is 70.0 Å². The molecule has 2 unspecified atom stereocenters. The fraction of sp³-hybridized carbons (Fsp3) is 0.929. The number of hydrogen-bond acceptors (Lipinski definition) is 3. The van der Waals surface area contributed by atoms with Crippen LogP contribution >= 0.6 is 0 Å². The first-order valence-electron chi connectivity index (χ1n) is 6.90. The Morgan fingerprint density at radius 1 is 1.24 bits per heavy atom. The fourth-order valence-corrected chi connectivity index (χ4v) is 3.02. The van der Waals surface area contributed by atoms with Crippen LogP contribution < -0.4 is 0 Å². The van der Waals surface area contributed by atoms with Crippen molar-refractivity contribution in [2.75, 3.05) is 7.11 Å². The van der Waals surface area contributed by atoms with E-state index in [2.05, 4.69) is 6.92 Å². The van der Waals surface area contributed by atoms with E-state index in [4.69, 9.17) is 9.47 Å². The Morgan fingerprint density at radius 3 is 2.47 bits per heavy atom. The molecular weight excluding hydrogens is 216 g/mol. The van der Waals surface area contributed by atoms with Gasteiger partial charge in [0.15, 0.2) is 0 Å². The van der Waals surface area contributed by atoms with Gasteiger partial charge in [-0.2, -0.15) is 0 Å². The van der Waals surface area contributed by atoms with Crippen LogP contribution in [0.3, 0.4) is 0 Å². The molecule has 0 aliphatic heterocycles. The monoisotopic (exact) mass is 240 g/mol. The third-order valence-corrected chi connectivity index (χ3v) is 4.39. The lowest BCUT2D eigenvalue weighted by atomic mass is 9.76. The highest BCUT2D eigenvalue weighted by Gasteiger charge is 2.43. The Hall–Kier alpha value is -0.570. The van der Waals surface area contributed by atoms with Gasteiger partial charge in [-0.3, -0.25) is 4.79 Å². The van der Waals surface area contributed by atoms with Crippen LogP contribution in [0.1, 0.15) is 58.3 Å². The molecule has 0 aromatic carbocycles. The highest BCUT2D eigenvalue weighted by atomic mass is 16.5. The maximum Gasteiger partial charge on any atom is 0.308 e. The standard InChI is InChI=1S/C14H24O3/c1-11-6-3-4-7-12(11)17-14(8-5-9-14)10-13(15)16-2/h11-12H,3-10H2,1-2H3. The Labute approximate surface area is 104 Å². The van der Waals surface area contributed by atoms with Crippen molar-refractivity contribution in [3.8, 4) is 0 Å². The number of carbonyl (C=O) groups is 1. The normalized spacial score (nSPS) is 31.6. The summed E-state index contributed by atoms with van der Waals surface area (Å²) in [6, 6.07) is 0. The van der Waals surface area contributed by atoms with Crippen LogP contribution in [0.4, 0.5) is 0 Å². The zero-order valence-corrected chi connectivity index (χ0v) is 11.0. The fourth-order valence-electron chi connectivity index (χ4n) is 3.02. The van der Waals surface area contributed by atoms with E-state index in [1.807, 2.05) is 0 Å². The average molecular weight is 240 g/mol. The Balaban J connectivity index is 1.91. The van der Waals surface area contributed by atoms with Gasteiger partial charge in [-0.25, -0.2) is 0 Å². The number of ether oxygens (including phenoxy) is 2. The number of carbonyl (C=O) groups excluding carboxylic acids is 1. The van der Waals surface area contributed by atoms with E-state index >= 15 is 0 Å². The van der Waals surface area contributed by atoms with Gasteiger partial charge < -0.3 is 9.47 Å². The number of methoxy groups -OCH3 is 1. The quantitative estimate of drug-likeness (QED) is 0.708. The molecule has 0 N–H and O–H groups in total. The minimum atomic E-state index is -0.191. The van der Waals surface area contributed by atoms with Crippen LogP contribution in [0.5, 0.6) is 0 Å². The van der Waals surface area contributed by atoms with Crippen molar-refractivity contribution in [2.24, 2.45) is 5.92 Å². The second kappa shape index (κ2) is 5.38. The molecule has 2 fully saturated rings. The SMILES string of the molecule is COC(=O)CC1(OC2CCCCC2C)CCC1. The molecule has 0 bridgehead atoms. The second-order valence-electron chi connectivity index (χ2n) is 5.71. The first-order valence-corrected chi connectivity index (χ1v) is 6.90. The summed E-state index contributed by atoms with van der Waals surface area (Å²) in [5.41, 5.74) is -0.191. The molecule has 0 amide bonds. The molecule has 98 valence electrons. The van der Waals surface area contributed by atoms with Gasteiger partial charge >= 0.3 is 5.97 Å². The first-order chi connectivity index (χ1) is 8.15. The molecule has 2 aliphatic rings. The van der Waals surface area contributed by atoms with E-state index in [0.717, 1.165) is 19.3 Å². The third kappa shape index (κ3) is 3.01. The van der Waals surface area contributed by atoms with Crippen molar-refractivity contribution < 1.29 is 14.3 Å². The molecule has 17 heavy (non-hydrogen) atoms. The van der Waals surface area contributed by atoms with Crippen LogP contribution in [0.25, 0.3) is 0 Å². The van der Waals surface area contributed by atoms with Gasteiger partial charge in [0.05, 0.1) is 25.2 Å². The Kier molecular flexibility index (Phi) is 4.08. The van der Waals surface area contributed by atoms with E-state index in [0.29, 0.717) is 18.4 Å². The molecule has 2 atom stereocenters. The molecule has 0 saturated heterocycles. The molecule has 2 rings (SSSR count). The van der Waals surface area contributed by atoms with Gasteiger partial charge in [0, 0.05) is 0 Å². The van der Waals surface area contributed by atoms with Gasteiger partial charge in [-0.1, -0.05) is 19.8 Å². The minimum absolute atomic E-state index is 0.131. The topological polar surface area (TPSA) is 35.5 Å². The lowest BCUT2D eigenvalue weighted by Crippen LogP contribution is -2.47. The second-order valence-corrected chi connectivity index (χ2v) is 5.71. The smallest absolute Gasteiger partial charge is 0.308 e. The van der Waals surface area contributed by atoms with Crippen LogP contribution in [0, 0.1) is 5.92 Å². The van der Waals surface area contributed by atoms with E-state index in [-0.39, 0.29) is 11.6 Å². The van der Waals surface area contributed by atoms with Gasteiger partial charge in [0.2, 0.25) is 0 Å². The lowest BCUT2D eigenvalue weighted by molar-refractivity contribution is -0.180. The van der Waals surface area contributed by atoms with Crippen LogP contribution in [0.2, 0.25) is 0 Å². The van der Waals surface area contributed by atoms with Gasteiger partial charge in [0.1, 0.15) is 0 Å². The molecule has 0 aromatic rings. The molecular formula is C14H24O3. The zero-order valence-electron chi connectivity index (χ0n) is 11.0. The summed E-state index contributed by atoms with van der Waals surface area (Å²) in [5, 5.41) is 0. The Bertz CT molecular complexity index is 271.